The van der Waals surface area contributed by atoms with Gasteiger partial charge in [-0.1, -0.05) is 6.07 Å². The Labute approximate surface area is 139 Å². The number of nitrogens with one attached hydrogen (secondary N) is 1. The molecule has 24 heavy (non-hydrogen) atoms. The molecule has 2 aliphatic rings. The van der Waals surface area contributed by atoms with E-state index in [1.54, 1.807) is 30.2 Å². The number of imide groups is 1. The highest BCUT2D eigenvalue weighted by atomic mass is 16.5. The van der Waals surface area contributed by atoms with Crippen LogP contribution >= 0.6 is 0 Å². The van der Waals surface area contributed by atoms with Crippen LogP contribution in [0.3, 0.4) is 0 Å². The minimum Gasteiger partial charge on any atom is -0.493 e. The van der Waals surface area contributed by atoms with Gasteiger partial charge in [0.2, 0.25) is 17.7 Å². The minimum atomic E-state index is -0.683. The number of benzene rings is 1. The zero-order chi connectivity index (χ0) is 17.3. The normalized spacial score (nSPS) is 19.8. The Morgan fingerprint density at radius 1 is 1.21 bits per heavy atom. The summed E-state index contributed by atoms with van der Waals surface area (Å²) in [5.74, 6) is 0.282. The van der Waals surface area contributed by atoms with Gasteiger partial charge in [-0.25, -0.2) is 0 Å². The highest BCUT2D eigenvalue weighted by Gasteiger charge is 2.44. The number of carbonyl (C=O) groups excluding carboxylic acids is 3. The molecule has 0 aromatic heterocycles. The van der Waals surface area contributed by atoms with Crippen LogP contribution in [-0.2, 0) is 20.8 Å². The molecule has 2 fully saturated rings. The summed E-state index contributed by atoms with van der Waals surface area (Å²) >= 11 is 0. The highest BCUT2D eigenvalue weighted by molar-refractivity contribution is 6.07. The van der Waals surface area contributed by atoms with Crippen molar-refractivity contribution >= 4 is 17.7 Å². The van der Waals surface area contributed by atoms with Crippen molar-refractivity contribution in [3.8, 4) is 11.5 Å². The zero-order valence-corrected chi connectivity index (χ0v) is 13.7. The molecule has 1 aromatic rings. The minimum absolute atomic E-state index is 0.0486. The topological polar surface area (TPSA) is 84.9 Å². The first-order valence-corrected chi connectivity index (χ1v) is 7.89. The zero-order valence-electron chi connectivity index (χ0n) is 13.7. The van der Waals surface area contributed by atoms with Crippen molar-refractivity contribution in [2.45, 2.75) is 37.8 Å². The monoisotopic (exact) mass is 332 g/mol. The van der Waals surface area contributed by atoms with Gasteiger partial charge in [0.25, 0.3) is 0 Å². The molecular weight excluding hydrogens is 312 g/mol. The number of nitrogens with zero attached hydrogens (tertiary/aromatic N) is 1. The van der Waals surface area contributed by atoms with Crippen LogP contribution in [0.4, 0.5) is 0 Å². The molecule has 7 heteroatoms. The van der Waals surface area contributed by atoms with Crippen molar-refractivity contribution in [3.05, 3.63) is 23.8 Å². The summed E-state index contributed by atoms with van der Waals surface area (Å²) in [5.41, 5.74) is 0.771. The number of hydrogen-bond donors (Lipinski definition) is 1. The van der Waals surface area contributed by atoms with Gasteiger partial charge in [0, 0.05) is 6.04 Å². The van der Waals surface area contributed by atoms with Crippen LogP contribution in [0, 0.1) is 0 Å². The van der Waals surface area contributed by atoms with Crippen molar-refractivity contribution < 1.29 is 23.9 Å². The maximum atomic E-state index is 12.7. The molecule has 1 aromatic carbocycles. The molecule has 3 amide bonds. The van der Waals surface area contributed by atoms with E-state index in [0.29, 0.717) is 11.5 Å². The van der Waals surface area contributed by atoms with E-state index in [2.05, 4.69) is 5.32 Å². The van der Waals surface area contributed by atoms with Crippen LogP contribution in [0.1, 0.15) is 24.8 Å². The van der Waals surface area contributed by atoms with Gasteiger partial charge in [-0.15, -0.1) is 0 Å². The fourth-order valence-corrected chi connectivity index (χ4v) is 3.01. The van der Waals surface area contributed by atoms with Crippen LogP contribution in [0.25, 0.3) is 0 Å². The lowest BCUT2D eigenvalue weighted by molar-refractivity contribution is -0.139. The van der Waals surface area contributed by atoms with E-state index < -0.39 is 6.04 Å². The lowest BCUT2D eigenvalue weighted by Crippen LogP contribution is -2.46. The number of hydrogen-bond acceptors (Lipinski definition) is 5. The second kappa shape index (κ2) is 6.51. The van der Waals surface area contributed by atoms with Gasteiger partial charge in [0.15, 0.2) is 11.5 Å². The fourth-order valence-electron chi connectivity index (χ4n) is 3.01. The smallest absolute Gasteiger partial charge is 0.249 e. The van der Waals surface area contributed by atoms with Crippen molar-refractivity contribution in [1.29, 1.82) is 0 Å². The van der Waals surface area contributed by atoms with Gasteiger partial charge in [-0.2, -0.15) is 0 Å². The molecule has 1 saturated carbocycles. The first-order chi connectivity index (χ1) is 11.5. The van der Waals surface area contributed by atoms with Crippen LogP contribution in [0.15, 0.2) is 18.2 Å². The third kappa shape index (κ3) is 3.20. The second-order valence-electron chi connectivity index (χ2n) is 6.03. The Hall–Kier alpha value is -2.57. The molecule has 0 bridgehead atoms. The number of carbonyl (C=O) groups is 3. The van der Waals surface area contributed by atoms with Gasteiger partial charge in [0.05, 0.1) is 27.1 Å². The number of methoxy groups -OCH3 is 2. The van der Waals surface area contributed by atoms with Crippen molar-refractivity contribution in [2.75, 3.05) is 14.2 Å². The molecule has 1 heterocycles. The number of rotatable bonds is 6. The van der Waals surface area contributed by atoms with E-state index >= 15 is 0 Å². The summed E-state index contributed by atoms with van der Waals surface area (Å²) in [7, 11) is 3.08. The summed E-state index contributed by atoms with van der Waals surface area (Å²) in [6, 6.07) is 4.66. The maximum absolute atomic E-state index is 12.7. The predicted octanol–water partition coefficient (Wildman–Crippen LogP) is 0.652. The molecule has 1 saturated heterocycles. The van der Waals surface area contributed by atoms with Crippen molar-refractivity contribution in [1.82, 2.24) is 10.2 Å². The molecule has 1 unspecified atom stereocenters. The van der Waals surface area contributed by atoms with E-state index in [1.165, 1.54) is 7.11 Å². The summed E-state index contributed by atoms with van der Waals surface area (Å²) in [6.07, 6.45) is 1.94. The molecule has 1 N–H and O–H groups in total. The van der Waals surface area contributed by atoms with Crippen LogP contribution < -0.4 is 14.8 Å². The van der Waals surface area contributed by atoms with Gasteiger partial charge < -0.3 is 14.4 Å². The van der Waals surface area contributed by atoms with E-state index in [1.807, 2.05) is 0 Å². The quantitative estimate of drug-likeness (QED) is 0.773. The Morgan fingerprint density at radius 2 is 1.92 bits per heavy atom. The van der Waals surface area contributed by atoms with E-state index in [0.717, 1.165) is 18.4 Å². The van der Waals surface area contributed by atoms with E-state index in [9.17, 15) is 14.4 Å². The van der Waals surface area contributed by atoms with E-state index in [-0.39, 0.29) is 36.6 Å². The molecular formula is C17H20N2O5. The standard InChI is InChI=1S/C17H20N2O5/c1-23-13-6-3-10(7-14(13)24-2)8-16(21)19(11-4-5-11)12-9-15(20)18-17(12)22/h3,6-7,11-12H,4-5,8-9H2,1-2H3,(H,18,20,22). The lowest BCUT2D eigenvalue weighted by atomic mass is 10.1. The van der Waals surface area contributed by atoms with Crippen molar-refractivity contribution in [2.24, 2.45) is 0 Å². The first kappa shape index (κ1) is 16.3. The third-order valence-electron chi connectivity index (χ3n) is 4.31. The Balaban J connectivity index is 1.77. The Bertz CT molecular complexity index is 684. The Morgan fingerprint density at radius 3 is 2.46 bits per heavy atom. The number of ether oxygens (including phenoxy) is 2. The summed E-state index contributed by atoms with van der Waals surface area (Å²) in [5, 5.41) is 2.27. The lowest BCUT2D eigenvalue weighted by Gasteiger charge is -2.27. The maximum Gasteiger partial charge on any atom is 0.249 e. The first-order valence-electron chi connectivity index (χ1n) is 7.89. The van der Waals surface area contributed by atoms with Crippen LogP contribution in [0.2, 0.25) is 0 Å². The Kier molecular flexibility index (Phi) is 4.42. The molecule has 7 nitrogen and oxygen atoms in total. The average molecular weight is 332 g/mol. The van der Waals surface area contributed by atoms with Crippen LogP contribution in [-0.4, -0.2) is 48.9 Å². The summed E-state index contributed by atoms with van der Waals surface area (Å²) in [4.78, 5) is 37.7. The SMILES string of the molecule is COc1ccc(CC(=O)N(C2CC2)C2CC(=O)NC2=O)cc1OC. The van der Waals surface area contributed by atoms with E-state index in [4.69, 9.17) is 9.47 Å². The second-order valence-corrected chi connectivity index (χ2v) is 6.03. The average Bonchev–Trinajstić information content (AvgIpc) is 3.33. The third-order valence-corrected chi connectivity index (χ3v) is 4.31. The van der Waals surface area contributed by atoms with Crippen LogP contribution in [0.5, 0.6) is 11.5 Å². The molecule has 128 valence electrons. The molecule has 0 spiro atoms. The van der Waals surface area contributed by atoms with Crippen molar-refractivity contribution in [3.63, 3.8) is 0 Å². The fraction of sp³-hybridized carbons (Fsp3) is 0.471. The predicted molar refractivity (Wildman–Crippen MR) is 84.7 cm³/mol. The molecule has 1 aliphatic carbocycles. The molecule has 3 rings (SSSR count). The summed E-state index contributed by atoms with van der Waals surface area (Å²) < 4.78 is 10.4. The van der Waals surface area contributed by atoms with Gasteiger partial charge in [-0.3, -0.25) is 19.7 Å². The molecule has 1 aliphatic heterocycles. The van der Waals surface area contributed by atoms with Gasteiger partial charge >= 0.3 is 0 Å². The summed E-state index contributed by atoms with van der Waals surface area (Å²) in [6.45, 7) is 0. The molecule has 1 atom stereocenters. The van der Waals surface area contributed by atoms with Gasteiger partial charge in [-0.05, 0) is 30.5 Å². The number of amides is 3. The highest BCUT2D eigenvalue weighted by Crippen LogP contribution is 2.32. The largest absolute Gasteiger partial charge is 0.493 e. The molecule has 0 radical (unpaired) electrons. The van der Waals surface area contributed by atoms with Gasteiger partial charge in [0.1, 0.15) is 6.04 Å².